The van der Waals surface area contributed by atoms with E-state index in [2.05, 4.69) is 0 Å². The van der Waals surface area contributed by atoms with Crippen LogP contribution in [0.25, 0.3) is 0 Å². The molecule has 84 valence electrons. The Morgan fingerprint density at radius 1 is 1.06 bits per heavy atom. The minimum atomic E-state index is -0.423. The van der Waals surface area contributed by atoms with Crippen molar-refractivity contribution in [1.29, 1.82) is 0 Å². The van der Waals surface area contributed by atoms with Crippen LogP contribution in [-0.2, 0) is 0 Å². The minimum absolute atomic E-state index is 0.00417. The summed E-state index contributed by atoms with van der Waals surface area (Å²) in [4.78, 5) is 12.2. The first-order chi connectivity index (χ1) is 8.25. The van der Waals surface area contributed by atoms with Crippen molar-refractivity contribution < 1.29 is 9.66 Å². The van der Waals surface area contributed by atoms with E-state index in [0.29, 0.717) is 11.5 Å². The van der Waals surface area contributed by atoms with Crippen molar-refractivity contribution in [2.24, 2.45) is 0 Å². The van der Waals surface area contributed by atoms with Gasteiger partial charge >= 0.3 is 5.69 Å². The second-order valence-electron chi connectivity index (χ2n) is 3.51. The Hall–Kier alpha value is -2.01. The fourth-order valence-electron chi connectivity index (χ4n) is 1.68. The maximum Gasteiger partial charge on any atom is 0.312 e. The molecule has 0 unspecified atom stereocenters. The van der Waals surface area contributed by atoms with Crippen molar-refractivity contribution in [3.8, 4) is 11.5 Å². The number of nitro groups is 1. The average molecular weight is 245 g/mol. The molecule has 2 aromatic rings. The zero-order valence-electron chi connectivity index (χ0n) is 8.62. The van der Waals surface area contributed by atoms with E-state index in [-0.39, 0.29) is 5.69 Å². The van der Waals surface area contributed by atoms with Gasteiger partial charge < -0.3 is 4.74 Å². The Kier molecular flexibility index (Phi) is 2.26. The number of nitrogens with zero attached hydrogens (tertiary/aromatic N) is 1. The van der Waals surface area contributed by atoms with Crippen molar-refractivity contribution in [2.45, 2.75) is 9.79 Å². The van der Waals surface area contributed by atoms with Gasteiger partial charge in [-0.2, -0.15) is 0 Å². The first kappa shape index (κ1) is 10.2. The number of para-hydroxylation sites is 2. The van der Waals surface area contributed by atoms with Crippen LogP contribution < -0.4 is 4.74 Å². The van der Waals surface area contributed by atoms with Gasteiger partial charge in [0, 0.05) is 6.07 Å². The highest BCUT2D eigenvalue weighted by molar-refractivity contribution is 7.99. The second kappa shape index (κ2) is 3.78. The van der Waals surface area contributed by atoms with Gasteiger partial charge in [0.1, 0.15) is 5.75 Å². The summed E-state index contributed by atoms with van der Waals surface area (Å²) in [5.74, 6) is 1.00. The molecule has 1 heterocycles. The smallest absolute Gasteiger partial charge is 0.312 e. The van der Waals surface area contributed by atoms with Crippen LogP contribution in [-0.4, -0.2) is 4.92 Å². The molecule has 0 aliphatic carbocycles. The lowest BCUT2D eigenvalue weighted by molar-refractivity contribution is -0.385. The van der Waals surface area contributed by atoms with E-state index in [1.807, 2.05) is 30.3 Å². The van der Waals surface area contributed by atoms with Crippen LogP contribution in [0.4, 0.5) is 5.69 Å². The van der Waals surface area contributed by atoms with E-state index in [4.69, 9.17) is 4.74 Å². The Labute approximate surface area is 101 Å². The van der Waals surface area contributed by atoms with Gasteiger partial charge in [-0.3, -0.25) is 10.1 Å². The molecule has 5 heteroatoms. The molecule has 0 N–H and O–H groups in total. The van der Waals surface area contributed by atoms with Gasteiger partial charge in [-0.1, -0.05) is 30.0 Å². The van der Waals surface area contributed by atoms with Crippen LogP contribution in [0.15, 0.2) is 52.3 Å². The van der Waals surface area contributed by atoms with Gasteiger partial charge in [-0.05, 0) is 18.2 Å². The lowest BCUT2D eigenvalue weighted by atomic mass is 10.3. The van der Waals surface area contributed by atoms with Gasteiger partial charge in [-0.15, -0.1) is 0 Å². The molecular formula is C12H7NO3S. The summed E-state index contributed by atoms with van der Waals surface area (Å²) in [6.07, 6.45) is 0. The van der Waals surface area contributed by atoms with Crippen molar-refractivity contribution in [2.75, 3.05) is 0 Å². The minimum Gasteiger partial charge on any atom is -0.448 e. The second-order valence-corrected chi connectivity index (χ2v) is 4.60. The Bertz CT molecular complexity index is 612. The third-order valence-electron chi connectivity index (χ3n) is 2.44. The number of rotatable bonds is 1. The molecule has 0 amide bonds. The maximum absolute atomic E-state index is 10.9. The monoisotopic (exact) mass is 245 g/mol. The van der Waals surface area contributed by atoms with Crippen LogP contribution in [0, 0.1) is 10.1 Å². The van der Waals surface area contributed by atoms with Gasteiger partial charge in [-0.25, -0.2) is 0 Å². The number of nitro benzene ring substituents is 1. The quantitative estimate of drug-likeness (QED) is 0.482. The molecule has 17 heavy (non-hydrogen) atoms. The molecule has 0 saturated carbocycles. The van der Waals surface area contributed by atoms with Crippen molar-refractivity contribution in [3.63, 3.8) is 0 Å². The predicted molar refractivity (Wildman–Crippen MR) is 63.7 cm³/mol. The van der Waals surface area contributed by atoms with E-state index in [1.165, 1.54) is 17.8 Å². The summed E-state index contributed by atoms with van der Waals surface area (Å²) in [6, 6.07) is 12.4. The number of hydrogen-bond acceptors (Lipinski definition) is 4. The largest absolute Gasteiger partial charge is 0.448 e. The number of hydrogen-bond donors (Lipinski definition) is 0. The third kappa shape index (κ3) is 1.64. The van der Waals surface area contributed by atoms with Crippen LogP contribution in [0.3, 0.4) is 0 Å². The van der Waals surface area contributed by atoms with Crippen LogP contribution >= 0.6 is 11.8 Å². The number of fused-ring (bicyclic) bond motifs is 2. The molecular weight excluding hydrogens is 238 g/mol. The summed E-state index contributed by atoms with van der Waals surface area (Å²) in [6.45, 7) is 0. The van der Waals surface area contributed by atoms with Crippen molar-refractivity contribution in [1.82, 2.24) is 0 Å². The Morgan fingerprint density at radius 2 is 1.82 bits per heavy atom. The van der Waals surface area contributed by atoms with Crippen LogP contribution in [0.2, 0.25) is 0 Å². The Morgan fingerprint density at radius 3 is 2.65 bits per heavy atom. The highest BCUT2D eigenvalue weighted by atomic mass is 32.2. The molecule has 0 spiro atoms. The average Bonchev–Trinajstić information content (AvgIpc) is 2.35. The summed E-state index contributed by atoms with van der Waals surface area (Å²) >= 11 is 1.48. The first-order valence-corrected chi connectivity index (χ1v) is 5.79. The highest BCUT2D eigenvalue weighted by Gasteiger charge is 2.25. The van der Waals surface area contributed by atoms with Gasteiger partial charge in [0.2, 0.25) is 5.75 Å². The molecule has 0 radical (unpaired) electrons. The normalized spacial score (nSPS) is 12.2. The van der Waals surface area contributed by atoms with E-state index < -0.39 is 4.92 Å². The lowest BCUT2D eigenvalue weighted by Gasteiger charge is -2.18. The van der Waals surface area contributed by atoms with Crippen molar-refractivity contribution >= 4 is 17.4 Å². The zero-order chi connectivity index (χ0) is 11.8. The fraction of sp³-hybridized carbons (Fsp3) is 0. The van der Waals surface area contributed by atoms with Gasteiger partial charge in [0.05, 0.1) is 14.7 Å². The molecule has 0 bridgehead atoms. The summed E-state index contributed by atoms with van der Waals surface area (Å²) in [5, 5.41) is 10.9. The number of benzene rings is 2. The molecule has 2 aromatic carbocycles. The van der Waals surface area contributed by atoms with Crippen LogP contribution in [0.1, 0.15) is 0 Å². The molecule has 0 fully saturated rings. The molecule has 4 nitrogen and oxygen atoms in total. The lowest BCUT2D eigenvalue weighted by Crippen LogP contribution is -1.99. The highest BCUT2D eigenvalue weighted by Crippen LogP contribution is 2.50. The summed E-state index contributed by atoms with van der Waals surface area (Å²) in [5.41, 5.74) is 0.00417. The maximum atomic E-state index is 10.9. The zero-order valence-corrected chi connectivity index (χ0v) is 9.44. The fourth-order valence-corrected chi connectivity index (χ4v) is 2.66. The van der Waals surface area contributed by atoms with Gasteiger partial charge in [0.25, 0.3) is 0 Å². The topological polar surface area (TPSA) is 52.4 Å². The van der Waals surface area contributed by atoms with Crippen LogP contribution in [0.5, 0.6) is 11.5 Å². The van der Waals surface area contributed by atoms with Gasteiger partial charge in [0.15, 0.2) is 0 Å². The van der Waals surface area contributed by atoms with E-state index in [0.717, 1.165) is 9.79 Å². The van der Waals surface area contributed by atoms with E-state index in [9.17, 15) is 10.1 Å². The molecule has 0 aromatic heterocycles. The first-order valence-electron chi connectivity index (χ1n) is 4.98. The molecule has 0 atom stereocenters. The molecule has 1 aliphatic heterocycles. The molecule has 0 saturated heterocycles. The Balaban J connectivity index is 2.15. The van der Waals surface area contributed by atoms with Crippen molar-refractivity contribution in [3.05, 3.63) is 52.6 Å². The third-order valence-corrected chi connectivity index (χ3v) is 3.53. The summed E-state index contributed by atoms with van der Waals surface area (Å²) < 4.78 is 5.61. The SMILES string of the molecule is O=[N+]([O-])c1cccc2c1Oc1ccccc1S2. The predicted octanol–water partition coefficient (Wildman–Crippen LogP) is 3.85. The summed E-state index contributed by atoms with van der Waals surface area (Å²) in [7, 11) is 0. The number of ether oxygens (including phenoxy) is 1. The van der Waals surface area contributed by atoms with E-state index in [1.54, 1.807) is 6.07 Å². The van der Waals surface area contributed by atoms with E-state index >= 15 is 0 Å². The molecule has 3 rings (SSSR count). The standard InChI is InChI=1S/C12H7NO3S/c14-13(15)8-4-3-7-11-12(8)16-9-5-1-2-6-10(9)17-11/h1-7H. The molecule has 1 aliphatic rings.